The maximum atomic E-state index is 13.7. The molecule has 0 bridgehead atoms. The zero-order chi connectivity index (χ0) is 25.1. The first-order valence-corrected chi connectivity index (χ1v) is 11.9. The molecule has 0 aliphatic carbocycles. The molecular weight excluding hydrogens is 450 g/mol. The van der Waals surface area contributed by atoms with Crippen molar-refractivity contribution in [3.05, 3.63) is 111 Å². The van der Waals surface area contributed by atoms with E-state index in [1.807, 2.05) is 62.6 Å². The van der Waals surface area contributed by atoms with Crippen LogP contribution in [-0.2, 0) is 14.1 Å². The number of aromatic nitrogens is 3. The molecule has 0 radical (unpaired) electrons. The van der Waals surface area contributed by atoms with E-state index in [1.165, 1.54) is 4.57 Å². The lowest BCUT2D eigenvalue weighted by molar-refractivity contribution is 0.708. The standard InChI is InChI=1S/C29H27N5O2/c1-31(2)20-16-14-18(15-17-20)24-27-26-23(28(35)33(4)29(36)32(26)3)25(19-10-6-5-7-11-19)34(27)22-13-9-8-12-21(22)30-24/h5-17,24,30H,1-4H3. The van der Waals surface area contributed by atoms with E-state index in [0.717, 1.165) is 39.6 Å². The molecule has 3 heterocycles. The molecule has 1 atom stereocenters. The van der Waals surface area contributed by atoms with E-state index in [4.69, 9.17) is 0 Å². The van der Waals surface area contributed by atoms with Crippen molar-refractivity contribution in [2.45, 2.75) is 6.04 Å². The Balaban J connectivity index is 1.80. The van der Waals surface area contributed by atoms with Crippen LogP contribution in [-0.4, -0.2) is 27.8 Å². The maximum Gasteiger partial charge on any atom is 0.331 e. The van der Waals surface area contributed by atoms with E-state index in [0.29, 0.717) is 10.9 Å². The number of aryl methyl sites for hydroxylation is 1. The topological polar surface area (TPSA) is 64.2 Å². The highest BCUT2D eigenvalue weighted by molar-refractivity contribution is 5.99. The average Bonchev–Trinajstić information content (AvgIpc) is 3.27. The Morgan fingerprint density at radius 2 is 1.47 bits per heavy atom. The van der Waals surface area contributed by atoms with Gasteiger partial charge in [-0.25, -0.2) is 4.79 Å². The fourth-order valence-corrected chi connectivity index (χ4v) is 5.30. The van der Waals surface area contributed by atoms with Crippen LogP contribution in [0.3, 0.4) is 0 Å². The van der Waals surface area contributed by atoms with Gasteiger partial charge in [-0.2, -0.15) is 0 Å². The molecule has 0 fully saturated rings. The lowest BCUT2D eigenvalue weighted by atomic mass is 9.99. The summed E-state index contributed by atoms with van der Waals surface area (Å²) in [6.07, 6.45) is 0. The number of fused-ring (bicyclic) bond motifs is 5. The normalized spacial score (nSPS) is 14.3. The number of hydrogen-bond donors (Lipinski definition) is 1. The third-order valence-corrected chi connectivity index (χ3v) is 7.12. The van der Waals surface area contributed by atoms with Gasteiger partial charge in [0, 0.05) is 33.9 Å². The van der Waals surface area contributed by atoms with Crippen LogP contribution in [0.2, 0.25) is 0 Å². The van der Waals surface area contributed by atoms with Crippen molar-refractivity contribution in [2.24, 2.45) is 14.1 Å². The third-order valence-electron chi connectivity index (χ3n) is 7.12. The van der Waals surface area contributed by atoms with Crippen molar-refractivity contribution in [3.8, 4) is 16.9 Å². The lowest BCUT2D eigenvalue weighted by Crippen LogP contribution is -2.37. The molecule has 36 heavy (non-hydrogen) atoms. The molecule has 2 aromatic heterocycles. The van der Waals surface area contributed by atoms with E-state index in [1.54, 1.807) is 18.7 Å². The Morgan fingerprint density at radius 3 is 2.17 bits per heavy atom. The minimum Gasteiger partial charge on any atom is -0.378 e. The van der Waals surface area contributed by atoms with Gasteiger partial charge in [-0.3, -0.25) is 13.9 Å². The molecular formula is C29H27N5O2. The van der Waals surface area contributed by atoms with E-state index in [-0.39, 0.29) is 17.3 Å². The molecule has 1 aliphatic heterocycles. The van der Waals surface area contributed by atoms with Gasteiger partial charge in [0.25, 0.3) is 5.56 Å². The largest absolute Gasteiger partial charge is 0.378 e. The number of nitrogens with one attached hydrogen (secondary N) is 1. The number of rotatable bonds is 3. The molecule has 1 N–H and O–H groups in total. The summed E-state index contributed by atoms with van der Waals surface area (Å²) in [4.78, 5) is 28.9. The van der Waals surface area contributed by atoms with Gasteiger partial charge in [0.15, 0.2) is 0 Å². The van der Waals surface area contributed by atoms with E-state index in [9.17, 15) is 9.59 Å². The van der Waals surface area contributed by atoms with Crippen molar-refractivity contribution in [2.75, 3.05) is 24.3 Å². The second-order valence-corrected chi connectivity index (χ2v) is 9.45. The molecule has 0 spiro atoms. The maximum absolute atomic E-state index is 13.7. The average molecular weight is 478 g/mol. The first-order chi connectivity index (χ1) is 17.4. The van der Waals surface area contributed by atoms with Gasteiger partial charge < -0.3 is 14.8 Å². The fourth-order valence-electron chi connectivity index (χ4n) is 5.30. The minimum absolute atomic E-state index is 0.270. The summed E-state index contributed by atoms with van der Waals surface area (Å²) in [5.41, 5.74) is 6.63. The molecule has 0 saturated carbocycles. The monoisotopic (exact) mass is 477 g/mol. The van der Waals surface area contributed by atoms with Crippen LogP contribution in [0.15, 0.2) is 88.5 Å². The van der Waals surface area contributed by atoms with Gasteiger partial charge in [-0.05, 0) is 35.4 Å². The number of nitrogens with zero attached hydrogens (tertiary/aromatic N) is 4. The van der Waals surface area contributed by atoms with E-state index >= 15 is 0 Å². The van der Waals surface area contributed by atoms with E-state index < -0.39 is 0 Å². The molecule has 6 rings (SSSR count). The third kappa shape index (κ3) is 3.05. The first-order valence-electron chi connectivity index (χ1n) is 11.9. The van der Waals surface area contributed by atoms with Crippen LogP contribution in [0.1, 0.15) is 17.3 Å². The van der Waals surface area contributed by atoms with Crippen LogP contribution in [0, 0.1) is 0 Å². The Labute approximate surface area is 208 Å². The van der Waals surface area contributed by atoms with Gasteiger partial charge in [0.05, 0.1) is 39.7 Å². The Bertz CT molecular complexity index is 1740. The van der Waals surface area contributed by atoms with Crippen LogP contribution >= 0.6 is 0 Å². The second-order valence-electron chi connectivity index (χ2n) is 9.45. The van der Waals surface area contributed by atoms with Gasteiger partial charge in [-0.1, -0.05) is 54.6 Å². The van der Waals surface area contributed by atoms with Crippen molar-refractivity contribution in [3.63, 3.8) is 0 Å². The van der Waals surface area contributed by atoms with Crippen LogP contribution in [0.5, 0.6) is 0 Å². The number of para-hydroxylation sites is 2. The highest BCUT2D eigenvalue weighted by Crippen LogP contribution is 2.45. The molecule has 7 heteroatoms. The molecule has 7 nitrogen and oxygen atoms in total. The first kappa shape index (κ1) is 22.0. The number of anilines is 2. The Kier molecular flexibility index (Phi) is 4.89. The zero-order valence-corrected chi connectivity index (χ0v) is 20.7. The second kappa shape index (κ2) is 8.02. The molecule has 3 aromatic carbocycles. The summed E-state index contributed by atoms with van der Waals surface area (Å²) in [6.45, 7) is 0. The minimum atomic E-state index is -0.346. The molecule has 180 valence electrons. The van der Waals surface area contributed by atoms with Crippen LogP contribution in [0.4, 0.5) is 11.4 Å². The molecule has 0 amide bonds. The van der Waals surface area contributed by atoms with Gasteiger partial charge in [0.1, 0.15) is 0 Å². The van der Waals surface area contributed by atoms with Gasteiger partial charge in [0.2, 0.25) is 0 Å². The van der Waals surface area contributed by atoms with Crippen LogP contribution in [0.25, 0.3) is 27.8 Å². The fraction of sp³-hybridized carbons (Fsp3) is 0.172. The number of hydrogen-bond acceptors (Lipinski definition) is 4. The molecule has 1 unspecified atom stereocenters. The summed E-state index contributed by atoms with van der Waals surface area (Å²) < 4.78 is 4.96. The number of benzene rings is 3. The van der Waals surface area contributed by atoms with Gasteiger partial charge in [-0.15, -0.1) is 0 Å². The summed E-state index contributed by atoms with van der Waals surface area (Å²) in [6, 6.07) is 26.1. The highest BCUT2D eigenvalue weighted by atomic mass is 16.2. The SMILES string of the molecule is CN(C)c1ccc(C2Nc3ccccc3-n3c(-c4ccccc4)c4c(=O)n(C)c(=O)n(C)c4c32)cc1. The van der Waals surface area contributed by atoms with Crippen molar-refractivity contribution >= 4 is 22.3 Å². The van der Waals surface area contributed by atoms with Crippen LogP contribution < -0.4 is 21.5 Å². The summed E-state index contributed by atoms with van der Waals surface area (Å²) in [5, 5.41) is 4.23. The highest BCUT2D eigenvalue weighted by Gasteiger charge is 2.34. The molecule has 1 aliphatic rings. The van der Waals surface area contributed by atoms with Crippen molar-refractivity contribution in [1.82, 2.24) is 13.7 Å². The molecule has 0 saturated heterocycles. The van der Waals surface area contributed by atoms with Gasteiger partial charge >= 0.3 is 5.69 Å². The Hall–Kier alpha value is -4.52. The summed E-state index contributed by atoms with van der Waals surface area (Å²) in [5.74, 6) is 0. The summed E-state index contributed by atoms with van der Waals surface area (Å²) >= 11 is 0. The predicted molar refractivity (Wildman–Crippen MR) is 145 cm³/mol. The summed E-state index contributed by atoms with van der Waals surface area (Å²) in [7, 11) is 7.31. The van der Waals surface area contributed by atoms with E-state index in [2.05, 4.69) is 45.1 Å². The quantitative estimate of drug-likeness (QED) is 0.421. The van der Waals surface area contributed by atoms with Crippen molar-refractivity contribution < 1.29 is 0 Å². The predicted octanol–water partition coefficient (Wildman–Crippen LogP) is 4.28. The zero-order valence-electron chi connectivity index (χ0n) is 20.7. The molecule has 5 aromatic rings. The Morgan fingerprint density at radius 1 is 0.806 bits per heavy atom. The van der Waals surface area contributed by atoms with Crippen molar-refractivity contribution in [1.29, 1.82) is 0 Å². The smallest absolute Gasteiger partial charge is 0.331 e. The lowest BCUT2D eigenvalue weighted by Gasteiger charge is -2.31.